The number of nitrogens with one attached hydrogen (secondary N) is 1. The van der Waals surface area contributed by atoms with E-state index in [4.69, 9.17) is 9.84 Å². The Kier molecular flexibility index (Phi) is 3.70. The number of aliphatic hydroxyl groups excluding tert-OH is 1. The molecule has 94 valence electrons. The molecule has 2 rings (SSSR count). The van der Waals surface area contributed by atoms with Gasteiger partial charge in [-0.2, -0.15) is 11.8 Å². The predicted octanol–water partition coefficient (Wildman–Crippen LogP) is -0.452. The summed E-state index contributed by atoms with van der Waals surface area (Å²) >= 11 is 1.60. The van der Waals surface area contributed by atoms with E-state index in [-0.39, 0.29) is 18.0 Å². The van der Waals surface area contributed by atoms with E-state index in [1.54, 1.807) is 11.8 Å². The maximum Gasteiger partial charge on any atom is 0.330 e. The largest absolute Gasteiger partial charge is 0.394 e. The van der Waals surface area contributed by atoms with Gasteiger partial charge >= 0.3 is 5.69 Å². The molecule has 0 amide bonds. The monoisotopic (exact) mass is 258 g/mol. The fourth-order valence-corrected chi connectivity index (χ4v) is 2.75. The maximum atomic E-state index is 11.6. The van der Waals surface area contributed by atoms with Crippen molar-refractivity contribution in [1.82, 2.24) is 9.55 Å². The first-order chi connectivity index (χ1) is 8.15. The van der Waals surface area contributed by atoms with Crippen LogP contribution < -0.4 is 11.2 Å². The van der Waals surface area contributed by atoms with Crippen LogP contribution in [0.25, 0.3) is 0 Å². The summed E-state index contributed by atoms with van der Waals surface area (Å²) in [5.41, 5.74) is -0.912. The van der Waals surface area contributed by atoms with Crippen molar-refractivity contribution in [3.05, 3.63) is 33.1 Å². The van der Waals surface area contributed by atoms with Crippen LogP contribution in [0.2, 0.25) is 0 Å². The van der Waals surface area contributed by atoms with Crippen LogP contribution in [0.3, 0.4) is 0 Å². The molecule has 7 heteroatoms. The first-order valence-corrected chi connectivity index (χ1v) is 6.55. The van der Waals surface area contributed by atoms with Crippen molar-refractivity contribution in [1.29, 1.82) is 0 Å². The second-order valence-electron chi connectivity index (χ2n) is 3.84. The lowest BCUT2D eigenvalue weighted by atomic mass is 10.2. The molecular formula is C10H14N2O4S. The Bertz CT molecular complexity index is 486. The van der Waals surface area contributed by atoms with Crippen LogP contribution in [-0.4, -0.2) is 38.9 Å². The minimum atomic E-state index is -0.485. The van der Waals surface area contributed by atoms with Crippen molar-refractivity contribution in [2.45, 2.75) is 24.0 Å². The van der Waals surface area contributed by atoms with Crippen LogP contribution in [0.1, 0.15) is 12.6 Å². The van der Waals surface area contributed by atoms with Gasteiger partial charge in [0.15, 0.2) is 0 Å². The number of thioether (sulfide) groups is 1. The molecule has 2 heterocycles. The molecule has 17 heavy (non-hydrogen) atoms. The molecule has 0 aromatic carbocycles. The smallest absolute Gasteiger partial charge is 0.330 e. The molecule has 0 unspecified atom stereocenters. The predicted molar refractivity (Wildman–Crippen MR) is 64.2 cm³/mol. The Morgan fingerprint density at radius 3 is 2.94 bits per heavy atom. The van der Waals surface area contributed by atoms with Crippen LogP contribution in [0, 0.1) is 0 Å². The molecule has 0 saturated carbocycles. The summed E-state index contributed by atoms with van der Waals surface area (Å²) in [7, 11) is 0. The molecule has 0 aliphatic carbocycles. The van der Waals surface area contributed by atoms with E-state index in [2.05, 4.69) is 4.98 Å². The normalized spacial score (nSPS) is 28.5. The Morgan fingerprint density at radius 2 is 2.41 bits per heavy atom. The molecule has 0 bridgehead atoms. The highest BCUT2D eigenvalue weighted by atomic mass is 32.2. The van der Waals surface area contributed by atoms with Gasteiger partial charge in [-0.15, -0.1) is 0 Å². The van der Waals surface area contributed by atoms with Crippen LogP contribution in [0.15, 0.2) is 21.9 Å². The zero-order chi connectivity index (χ0) is 12.4. The number of hydrogen-bond acceptors (Lipinski definition) is 5. The molecule has 1 aromatic heterocycles. The summed E-state index contributed by atoms with van der Waals surface area (Å²) in [6, 6.07) is 1.28. The number of H-pyrrole nitrogens is 1. The van der Waals surface area contributed by atoms with Crippen LogP contribution in [0.5, 0.6) is 0 Å². The van der Waals surface area contributed by atoms with Gasteiger partial charge in [0.25, 0.3) is 5.56 Å². The van der Waals surface area contributed by atoms with Gasteiger partial charge in [-0.1, -0.05) is 0 Å². The molecule has 1 fully saturated rings. The van der Waals surface area contributed by atoms with Crippen molar-refractivity contribution in [2.24, 2.45) is 0 Å². The lowest BCUT2D eigenvalue weighted by molar-refractivity contribution is -0.0237. The fraction of sp³-hybridized carbons (Fsp3) is 0.600. The quantitative estimate of drug-likeness (QED) is 0.767. The van der Waals surface area contributed by atoms with Crippen molar-refractivity contribution in [3.8, 4) is 0 Å². The summed E-state index contributed by atoms with van der Waals surface area (Å²) in [6.07, 6.45) is 3.30. The van der Waals surface area contributed by atoms with Gasteiger partial charge < -0.3 is 9.84 Å². The highest BCUT2D eigenvalue weighted by molar-refractivity contribution is 7.99. The molecule has 6 nitrogen and oxygen atoms in total. The molecule has 1 aliphatic heterocycles. The van der Waals surface area contributed by atoms with Gasteiger partial charge in [-0.05, 0) is 6.26 Å². The van der Waals surface area contributed by atoms with Gasteiger partial charge in [0.05, 0.1) is 12.7 Å². The second kappa shape index (κ2) is 5.07. The van der Waals surface area contributed by atoms with Gasteiger partial charge in [0.1, 0.15) is 6.23 Å². The number of aromatic nitrogens is 2. The topological polar surface area (TPSA) is 84.3 Å². The lowest BCUT2D eigenvalue weighted by Gasteiger charge is -2.14. The van der Waals surface area contributed by atoms with E-state index in [0.29, 0.717) is 6.42 Å². The number of aliphatic hydroxyl groups is 1. The van der Waals surface area contributed by atoms with E-state index in [9.17, 15) is 9.59 Å². The molecular weight excluding hydrogens is 244 g/mol. The standard InChI is InChI=1S/C10H14N2O4S/c1-17-7-4-9(16-6(7)5-13)12-3-2-8(14)11-10(12)15/h2-3,6-7,9,13H,4-5H2,1H3,(H,11,14,15)/t6-,7+,9+/m1/s1. The van der Waals surface area contributed by atoms with Crippen molar-refractivity contribution < 1.29 is 9.84 Å². The molecule has 1 saturated heterocycles. The van der Waals surface area contributed by atoms with Gasteiger partial charge in [0.2, 0.25) is 0 Å². The maximum absolute atomic E-state index is 11.6. The van der Waals surface area contributed by atoms with E-state index >= 15 is 0 Å². The Hall–Kier alpha value is -1.05. The first kappa shape index (κ1) is 12.4. The number of nitrogens with zero attached hydrogens (tertiary/aromatic N) is 1. The average molecular weight is 258 g/mol. The van der Waals surface area contributed by atoms with E-state index < -0.39 is 17.5 Å². The van der Waals surface area contributed by atoms with E-state index in [0.717, 1.165) is 0 Å². The highest BCUT2D eigenvalue weighted by Crippen LogP contribution is 2.33. The highest BCUT2D eigenvalue weighted by Gasteiger charge is 2.35. The summed E-state index contributed by atoms with van der Waals surface area (Å²) < 4.78 is 6.94. The summed E-state index contributed by atoms with van der Waals surface area (Å²) in [6.45, 7) is -0.0693. The van der Waals surface area contributed by atoms with Crippen LogP contribution in [0.4, 0.5) is 0 Å². The van der Waals surface area contributed by atoms with Crippen molar-refractivity contribution in [2.75, 3.05) is 12.9 Å². The minimum absolute atomic E-state index is 0.0693. The SMILES string of the molecule is CS[C@H]1C[C@@H](n2ccc(=O)[nH]c2=O)O[C@@H]1CO. The molecule has 3 atom stereocenters. The second-order valence-corrected chi connectivity index (χ2v) is 4.92. The van der Waals surface area contributed by atoms with Gasteiger partial charge in [-0.3, -0.25) is 14.3 Å². The van der Waals surface area contributed by atoms with Crippen molar-refractivity contribution in [3.63, 3.8) is 0 Å². The molecule has 2 N–H and O–H groups in total. The lowest BCUT2D eigenvalue weighted by Crippen LogP contribution is -2.31. The van der Waals surface area contributed by atoms with Crippen molar-refractivity contribution >= 4 is 11.8 Å². The zero-order valence-corrected chi connectivity index (χ0v) is 10.1. The third kappa shape index (κ3) is 2.46. The Balaban J connectivity index is 2.25. The Morgan fingerprint density at radius 1 is 1.65 bits per heavy atom. The third-order valence-electron chi connectivity index (χ3n) is 2.82. The van der Waals surface area contributed by atoms with E-state index in [1.807, 2.05) is 6.26 Å². The summed E-state index contributed by atoms with van der Waals surface area (Å²) in [4.78, 5) is 24.7. The van der Waals surface area contributed by atoms with Gasteiger partial charge in [0, 0.05) is 23.9 Å². The molecule has 1 aliphatic rings. The molecule has 1 aromatic rings. The zero-order valence-electron chi connectivity index (χ0n) is 9.33. The molecule has 0 radical (unpaired) electrons. The van der Waals surface area contributed by atoms with Gasteiger partial charge in [-0.25, -0.2) is 4.79 Å². The van der Waals surface area contributed by atoms with E-state index in [1.165, 1.54) is 16.8 Å². The summed E-state index contributed by atoms with van der Waals surface area (Å²) in [5.74, 6) is 0. The number of rotatable bonds is 3. The number of ether oxygens (including phenoxy) is 1. The molecule has 0 spiro atoms. The fourth-order valence-electron chi connectivity index (χ4n) is 1.94. The first-order valence-electron chi connectivity index (χ1n) is 5.26. The summed E-state index contributed by atoms with van der Waals surface area (Å²) in [5, 5.41) is 9.32. The van der Waals surface area contributed by atoms with Crippen LogP contribution in [-0.2, 0) is 4.74 Å². The Labute approximate surface area is 102 Å². The minimum Gasteiger partial charge on any atom is -0.394 e. The third-order valence-corrected chi connectivity index (χ3v) is 3.93. The average Bonchev–Trinajstić information content (AvgIpc) is 2.72. The number of aromatic amines is 1. The number of hydrogen-bond donors (Lipinski definition) is 2. The van der Waals surface area contributed by atoms with Crippen LogP contribution >= 0.6 is 11.8 Å².